The summed E-state index contributed by atoms with van der Waals surface area (Å²) in [5.74, 6) is -0.156. The van der Waals surface area contributed by atoms with E-state index in [1.165, 1.54) is 5.56 Å². The second kappa shape index (κ2) is 12.0. The molecule has 2 aromatic heterocycles. The zero-order valence-corrected chi connectivity index (χ0v) is 26.5. The molecular formula is C46H33N3. The molecule has 0 saturated carbocycles. The van der Waals surface area contributed by atoms with Gasteiger partial charge >= 0.3 is 0 Å². The second-order valence-electron chi connectivity index (χ2n) is 12.1. The van der Waals surface area contributed by atoms with E-state index in [1.54, 1.807) is 16.8 Å². The standard InChI is InChI=1S/C46H33N3/c1-2-44-48-41-21-8-10-23-43(41)49(44)42-22-9-7-16-36(42)31-24-26-32(27-25-31)45-37-17-3-5-19-39(37)46(40-20-6-4-18-38(40)45)34-14-11-13-33(29-34)35-15-12-28-47-30-35/h3-30H,2H2,1H3/i1D3,2D2. The Morgan fingerprint density at radius 2 is 1.16 bits per heavy atom. The number of benzene rings is 7. The Kier molecular flexibility index (Phi) is 5.88. The van der Waals surface area contributed by atoms with Crippen LogP contribution in [0, 0.1) is 0 Å². The van der Waals surface area contributed by atoms with Crippen molar-refractivity contribution in [2.45, 2.75) is 13.2 Å². The summed E-state index contributed by atoms with van der Waals surface area (Å²) in [7, 11) is 0. The van der Waals surface area contributed by atoms with E-state index < -0.39 is 13.2 Å². The monoisotopic (exact) mass is 632 g/mol. The van der Waals surface area contributed by atoms with Crippen LogP contribution in [0.15, 0.2) is 170 Å². The van der Waals surface area contributed by atoms with Crippen molar-refractivity contribution < 1.29 is 6.85 Å². The summed E-state index contributed by atoms with van der Waals surface area (Å²) in [6.45, 7) is -2.92. The largest absolute Gasteiger partial charge is 0.296 e. The van der Waals surface area contributed by atoms with E-state index in [9.17, 15) is 0 Å². The molecule has 0 atom stereocenters. The van der Waals surface area contributed by atoms with Crippen LogP contribution in [0.25, 0.3) is 82.8 Å². The lowest BCUT2D eigenvalue weighted by Crippen LogP contribution is -2.02. The van der Waals surface area contributed by atoms with E-state index in [0.717, 1.165) is 60.5 Å². The van der Waals surface area contributed by atoms with Crippen molar-refractivity contribution in [3.63, 3.8) is 0 Å². The topological polar surface area (TPSA) is 30.7 Å². The summed E-state index contributed by atoms with van der Waals surface area (Å²) in [5, 5.41) is 4.61. The third-order valence-electron chi connectivity index (χ3n) is 9.38. The molecule has 0 aliphatic rings. The lowest BCUT2D eigenvalue weighted by molar-refractivity contribution is 0.909. The molecule has 0 saturated heterocycles. The summed E-state index contributed by atoms with van der Waals surface area (Å²) < 4.78 is 43.2. The van der Waals surface area contributed by atoms with Crippen LogP contribution in [0.2, 0.25) is 0 Å². The molecule has 0 fully saturated rings. The Labute approximate surface area is 292 Å². The number of nitrogens with zero attached hydrogens (tertiary/aromatic N) is 3. The fourth-order valence-corrected chi connectivity index (χ4v) is 7.22. The molecule has 49 heavy (non-hydrogen) atoms. The van der Waals surface area contributed by atoms with Crippen LogP contribution in [-0.2, 0) is 6.37 Å². The first-order chi connectivity index (χ1) is 26.2. The van der Waals surface area contributed by atoms with Gasteiger partial charge in [0.2, 0.25) is 0 Å². The molecule has 7 aromatic carbocycles. The molecule has 0 bridgehead atoms. The summed E-state index contributed by atoms with van der Waals surface area (Å²) in [6, 6.07) is 53.3. The Morgan fingerprint density at radius 1 is 0.551 bits per heavy atom. The number of para-hydroxylation sites is 3. The Balaban J connectivity index is 1.20. The Hall–Kier alpha value is -6.32. The molecule has 0 unspecified atom stereocenters. The van der Waals surface area contributed by atoms with Crippen molar-refractivity contribution in [3.05, 3.63) is 176 Å². The van der Waals surface area contributed by atoms with E-state index in [-0.39, 0.29) is 5.82 Å². The molecule has 9 rings (SSSR count). The molecular weight excluding hydrogens is 595 g/mol. The van der Waals surface area contributed by atoms with Crippen molar-refractivity contribution in [2.24, 2.45) is 0 Å². The van der Waals surface area contributed by atoms with Gasteiger partial charge in [-0.25, -0.2) is 4.98 Å². The predicted molar refractivity (Wildman–Crippen MR) is 205 cm³/mol. The maximum atomic E-state index is 8.71. The Bertz CT molecular complexity index is 2780. The normalized spacial score (nSPS) is 13.5. The highest BCUT2D eigenvalue weighted by Gasteiger charge is 2.18. The third kappa shape index (κ3) is 4.90. The van der Waals surface area contributed by atoms with Crippen LogP contribution in [0.3, 0.4) is 0 Å². The van der Waals surface area contributed by atoms with Gasteiger partial charge in [0.25, 0.3) is 0 Å². The molecule has 0 aliphatic heterocycles. The third-order valence-corrected chi connectivity index (χ3v) is 9.38. The van der Waals surface area contributed by atoms with Crippen LogP contribution in [-0.4, -0.2) is 14.5 Å². The van der Waals surface area contributed by atoms with Gasteiger partial charge in [-0.3, -0.25) is 9.55 Å². The fourth-order valence-electron chi connectivity index (χ4n) is 7.22. The van der Waals surface area contributed by atoms with E-state index in [1.807, 2.05) is 54.7 Å². The van der Waals surface area contributed by atoms with Gasteiger partial charge in [0.15, 0.2) is 0 Å². The van der Waals surface area contributed by atoms with Crippen molar-refractivity contribution in [1.82, 2.24) is 14.5 Å². The van der Waals surface area contributed by atoms with Gasteiger partial charge in [0.05, 0.1) is 16.7 Å². The average molecular weight is 633 g/mol. The van der Waals surface area contributed by atoms with Gasteiger partial charge in [0, 0.05) is 36.7 Å². The minimum atomic E-state index is -2.92. The summed E-state index contributed by atoms with van der Waals surface area (Å²) in [6.07, 6.45) is 0.990. The second-order valence-corrected chi connectivity index (χ2v) is 12.1. The van der Waals surface area contributed by atoms with Crippen LogP contribution in [0.4, 0.5) is 0 Å². The van der Waals surface area contributed by atoms with Crippen LogP contribution >= 0.6 is 0 Å². The van der Waals surface area contributed by atoms with Gasteiger partial charge in [-0.2, -0.15) is 0 Å². The van der Waals surface area contributed by atoms with Crippen LogP contribution in [0.1, 0.15) is 19.5 Å². The van der Waals surface area contributed by atoms with Crippen molar-refractivity contribution in [1.29, 1.82) is 0 Å². The molecule has 0 aliphatic carbocycles. The first-order valence-corrected chi connectivity index (χ1v) is 16.3. The highest BCUT2D eigenvalue weighted by atomic mass is 15.1. The van der Waals surface area contributed by atoms with E-state index in [4.69, 9.17) is 6.85 Å². The lowest BCUT2D eigenvalue weighted by atomic mass is 9.85. The SMILES string of the molecule is [2H]C([2H])([2H])C([2H])([2H])c1nc2ccccc2n1-c1ccccc1-c1ccc(-c2c3ccccc3c(-c3cccc(-c4cccnc4)c3)c3ccccc23)cc1. The van der Waals surface area contributed by atoms with Gasteiger partial charge in [-0.15, -0.1) is 0 Å². The number of rotatable bonds is 6. The maximum Gasteiger partial charge on any atom is 0.114 e. The molecule has 232 valence electrons. The highest BCUT2D eigenvalue weighted by Crippen LogP contribution is 2.44. The van der Waals surface area contributed by atoms with Gasteiger partial charge in [-0.05, 0) is 85.3 Å². The number of hydrogen-bond donors (Lipinski definition) is 0. The number of hydrogen-bond acceptors (Lipinski definition) is 2. The molecule has 3 heteroatoms. The van der Waals surface area contributed by atoms with Crippen LogP contribution < -0.4 is 0 Å². The molecule has 0 amide bonds. The predicted octanol–water partition coefficient (Wildman–Crippen LogP) is 12.0. The Morgan fingerprint density at radius 3 is 1.88 bits per heavy atom. The summed E-state index contributed by atoms with van der Waals surface area (Å²) in [5.41, 5.74) is 10.2. The zero-order chi connectivity index (χ0) is 37.0. The molecule has 0 N–H and O–H groups in total. The minimum Gasteiger partial charge on any atom is -0.296 e. The fraction of sp³-hybridized carbons (Fsp3) is 0.0435. The van der Waals surface area contributed by atoms with E-state index in [0.29, 0.717) is 16.7 Å². The molecule has 9 aromatic rings. The quantitative estimate of drug-likeness (QED) is 0.171. The van der Waals surface area contributed by atoms with Gasteiger partial charge in [0.1, 0.15) is 5.82 Å². The number of fused-ring (bicyclic) bond motifs is 3. The van der Waals surface area contributed by atoms with Crippen molar-refractivity contribution in [3.8, 4) is 50.2 Å². The lowest BCUT2D eigenvalue weighted by Gasteiger charge is -2.19. The molecule has 0 radical (unpaired) electrons. The highest BCUT2D eigenvalue weighted by molar-refractivity contribution is 6.21. The van der Waals surface area contributed by atoms with Gasteiger partial charge < -0.3 is 0 Å². The number of aryl methyl sites for hydroxylation is 1. The summed E-state index contributed by atoms with van der Waals surface area (Å²) in [4.78, 5) is 8.89. The number of imidazole rings is 1. The maximum absolute atomic E-state index is 8.71. The minimum absolute atomic E-state index is 0.156. The number of aromatic nitrogens is 3. The zero-order valence-electron chi connectivity index (χ0n) is 31.5. The van der Waals surface area contributed by atoms with Crippen LogP contribution in [0.5, 0.6) is 0 Å². The van der Waals surface area contributed by atoms with Crippen molar-refractivity contribution >= 4 is 32.6 Å². The van der Waals surface area contributed by atoms with E-state index in [2.05, 4.69) is 113 Å². The average Bonchev–Trinajstić information content (AvgIpc) is 3.60. The van der Waals surface area contributed by atoms with E-state index >= 15 is 0 Å². The first kappa shape index (κ1) is 23.9. The smallest absolute Gasteiger partial charge is 0.114 e. The van der Waals surface area contributed by atoms with Crippen molar-refractivity contribution in [2.75, 3.05) is 0 Å². The van der Waals surface area contributed by atoms with Gasteiger partial charge in [-0.1, -0.05) is 134 Å². The first-order valence-electron chi connectivity index (χ1n) is 18.8. The number of pyridine rings is 1. The molecule has 0 spiro atoms. The summed E-state index contributed by atoms with van der Waals surface area (Å²) >= 11 is 0. The molecule has 2 heterocycles. The molecule has 3 nitrogen and oxygen atoms in total.